The smallest absolute Gasteiger partial charge is 0.169 e. The van der Waals surface area contributed by atoms with Crippen LogP contribution >= 0.6 is 0 Å². The topological polar surface area (TPSA) is 49.7 Å². The molecule has 0 aliphatic carbocycles. The maximum Gasteiger partial charge on any atom is 0.169 e. The molecule has 0 aromatic heterocycles. The number of rotatable bonds is 2. The van der Waals surface area contributed by atoms with Gasteiger partial charge in [0.25, 0.3) is 0 Å². The lowest BCUT2D eigenvalue weighted by molar-refractivity contribution is 0.391. The SMILES string of the molecule is [B]c1cc(O)c(O)c(-c2ccccc2)c1OC. The first kappa shape index (κ1) is 11.4. The van der Waals surface area contributed by atoms with Crippen LogP contribution in [0.4, 0.5) is 0 Å². The van der Waals surface area contributed by atoms with Crippen molar-refractivity contribution >= 4 is 13.3 Å². The molecule has 0 aliphatic rings. The summed E-state index contributed by atoms with van der Waals surface area (Å²) in [6.45, 7) is 0. The van der Waals surface area contributed by atoms with Crippen LogP contribution in [0, 0.1) is 0 Å². The number of methoxy groups -OCH3 is 1. The number of aromatic hydroxyl groups is 2. The second kappa shape index (κ2) is 4.41. The van der Waals surface area contributed by atoms with Gasteiger partial charge < -0.3 is 14.9 Å². The second-order valence-electron chi connectivity index (χ2n) is 3.61. The molecule has 17 heavy (non-hydrogen) atoms. The van der Waals surface area contributed by atoms with Crippen molar-refractivity contribution in [1.82, 2.24) is 0 Å². The molecule has 0 unspecified atom stereocenters. The summed E-state index contributed by atoms with van der Waals surface area (Å²) < 4.78 is 5.17. The van der Waals surface area contributed by atoms with Gasteiger partial charge in [-0.15, -0.1) is 0 Å². The Morgan fingerprint density at radius 1 is 1.12 bits per heavy atom. The van der Waals surface area contributed by atoms with E-state index in [9.17, 15) is 10.2 Å². The van der Waals surface area contributed by atoms with E-state index in [2.05, 4.69) is 0 Å². The molecule has 0 heterocycles. The first-order valence-corrected chi connectivity index (χ1v) is 5.09. The van der Waals surface area contributed by atoms with Crippen molar-refractivity contribution in [2.45, 2.75) is 0 Å². The fourth-order valence-corrected chi connectivity index (χ4v) is 1.75. The van der Waals surface area contributed by atoms with E-state index in [0.717, 1.165) is 5.56 Å². The zero-order chi connectivity index (χ0) is 12.4. The first-order chi connectivity index (χ1) is 8.15. The summed E-state index contributed by atoms with van der Waals surface area (Å²) in [6, 6.07) is 10.4. The molecule has 0 spiro atoms. The van der Waals surface area contributed by atoms with Crippen molar-refractivity contribution in [2.24, 2.45) is 0 Å². The van der Waals surface area contributed by atoms with Gasteiger partial charge in [-0.25, -0.2) is 0 Å². The molecule has 4 heteroatoms. The standard InChI is InChI=1S/C13H11BO3/c1-17-13-9(14)7-10(15)12(16)11(13)8-5-3-2-4-6-8/h2-7,15-16H,1H3. The molecule has 0 fully saturated rings. The maximum absolute atomic E-state index is 9.90. The highest BCUT2D eigenvalue weighted by molar-refractivity contribution is 6.35. The predicted octanol–water partition coefficient (Wildman–Crippen LogP) is 1.57. The Bertz CT molecular complexity index is 538. The highest BCUT2D eigenvalue weighted by Gasteiger charge is 2.17. The summed E-state index contributed by atoms with van der Waals surface area (Å²) >= 11 is 0. The zero-order valence-corrected chi connectivity index (χ0v) is 9.34. The fraction of sp³-hybridized carbons (Fsp3) is 0.0769. The van der Waals surface area contributed by atoms with Crippen LogP contribution in [0.25, 0.3) is 11.1 Å². The Morgan fingerprint density at radius 2 is 1.76 bits per heavy atom. The van der Waals surface area contributed by atoms with Gasteiger partial charge in [-0.05, 0) is 11.6 Å². The van der Waals surface area contributed by atoms with Crippen LogP contribution in [-0.4, -0.2) is 25.2 Å². The predicted molar refractivity (Wildman–Crippen MR) is 67.1 cm³/mol. The Labute approximate surface area is 101 Å². The second-order valence-corrected chi connectivity index (χ2v) is 3.61. The van der Waals surface area contributed by atoms with Crippen molar-refractivity contribution < 1.29 is 14.9 Å². The zero-order valence-electron chi connectivity index (χ0n) is 9.34. The van der Waals surface area contributed by atoms with E-state index in [-0.39, 0.29) is 17.0 Å². The van der Waals surface area contributed by atoms with Crippen molar-refractivity contribution in [3.8, 4) is 28.4 Å². The van der Waals surface area contributed by atoms with Gasteiger partial charge in [0.05, 0.1) is 12.7 Å². The number of phenolic OH excluding ortho intramolecular Hbond substituents is 2. The lowest BCUT2D eigenvalue weighted by Gasteiger charge is -2.14. The molecule has 3 nitrogen and oxygen atoms in total. The number of benzene rings is 2. The molecule has 0 saturated heterocycles. The summed E-state index contributed by atoms with van der Waals surface area (Å²) in [5.74, 6) is -0.143. The number of hydrogen-bond donors (Lipinski definition) is 2. The van der Waals surface area contributed by atoms with Gasteiger partial charge in [-0.3, -0.25) is 0 Å². The Kier molecular flexibility index (Phi) is 2.96. The van der Waals surface area contributed by atoms with E-state index in [0.29, 0.717) is 11.3 Å². The minimum Gasteiger partial charge on any atom is -0.504 e. The normalized spacial score (nSPS) is 10.2. The van der Waals surface area contributed by atoms with E-state index in [1.165, 1.54) is 13.2 Å². The van der Waals surface area contributed by atoms with Gasteiger partial charge in [0.1, 0.15) is 13.6 Å². The monoisotopic (exact) mass is 226 g/mol. The lowest BCUT2D eigenvalue weighted by atomic mass is 9.89. The van der Waals surface area contributed by atoms with Crippen LogP contribution in [-0.2, 0) is 0 Å². The summed E-state index contributed by atoms with van der Waals surface area (Å²) in [5.41, 5.74) is 1.40. The highest BCUT2D eigenvalue weighted by Crippen LogP contribution is 2.41. The van der Waals surface area contributed by atoms with E-state index in [1.807, 2.05) is 18.2 Å². The van der Waals surface area contributed by atoms with Crippen LogP contribution < -0.4 is 10.2 Å². The highest BCUT2D eigenvalue weighted by atomic mass is 16.5. The quantitative estimate of drug-likeness (QED) is 0.603. The molecular formula is C13H11BO3. The number of hydrogen-bond acceptors (Lipinski definition) is 3. The first-order valence-electron chi connectivity index (χ1n) is 5.09. The molecule has 0 bridgehead atoms. The van der Waals surface area contributed by atoms with Gasteiger partial charge >= 0.3 is 0 Å². The number of ether oxygens (including phenoxy) is 1. The van der Waals surface area contributed by atoms with Crippen LogP contribution in [0.2, 0.25) is 0 Å². The molecule has 0 atom stereocenters. The van der Waals surface area contributed by atoms with Gasteiger partial charge in [-0.1, -0.05) is 35.8 Å². The molecule has 0 saturated carbocycles. The van der Waals surface area contributed by atoms with Crippen LogP contribution in [0.15, 0.2) is 36.4 Å². The van der Waals surface area contributed by atoms with Gasteiger partial charge in [0.15, 0.2) is 11.5 Å². The van der Waals surface area contributed by atoms with Gasteiger partial charge in [0, 0.05) is 0 Å². The molecule has 2 aromatic rings. The van der Waals surface area contributed by atoms with Gasteiger partial charge in [-0.2, -0.15) is 0 Å². The molecule has 0 aliphatic heterocycles. The van der Waals surface area contributed by atoms with E-state index in [4.69, 9.17) is 12.6 Å². The third-order valence-electron chi connectivity index (χ3n) is 2.53. The minimum absolute atomic E-state index is 0.234. The summed E-state index contributed by atoms with van der Waals surface area (Å²) in [5, 5.41) is 19.5. The molecule has 2 N–H and O–H groups in total. The molecular weight excluding hydrogens is 215 g/mol. The largest absolute Gasteiger partial charge is 0.504 e. The molecule has 0 amide bonds. The third-order valence-corrected chi connectivity index (χ3v) is 2.53. The van der Waals surface area contributed by atoms with Crippen molar-refractivity contribution in [3.63, 3.8) is 0 Å². The minimum atomic E-state index is -0.262. The van der Waals surface area contributed by atoms with E-state index in [1.54, 1.807) is 12.1 Å². The number of phenols is 2. The average molecular weight is 226 g/mol. The van der Waals surface area contributed by atoms with Crippen molar-refractivity contribution in [3.05, 3.63) is 36.4 Å². The van der Waals surface area contributed by atoms with Crippen molar-refractivity contribution in [2.75, 3.05) is 7.11 Å². The van der Waals surface area contributed by atoms with Crippen LogP contribution in [0.1, 0.15) is 0 Å². The lowest BCUT2D eigenvalue weighted by Crippen LogP contribution is -2.08. The molecule has 2 radical (unpaired) electrons. The Balaban J connectivity index is 2.75. The molecule has 84 valence electrons. The van der Waals surface area contributed by atoms with E-state index >= 15 is 0 Å². The molecule has 2 aromatic carbocycles. The van der Waals surface area contributed by atoms with Crippen LogP contribution in [0.5, 0.6) is 17.2 Å². The maximum atomic E-state index is 9.90. The fourth-order valence-electron chi connectivity index (χ4n) is 1.75. The molecule has 2 rings (SSSR count). The Morgan fingerprint density at radius 3 is 2.35 bits per heavy atom. The van der Waals surface area contributed by atoms with Gasteiger partial charge in [0.2, 0.25) is 0 Å². The summed E-state index contributed by atoms with van der Waals surface area (Å²) in [7, 11) is 7.21. The van der Waals surface area contributed by atoms with Crippen LogP contribution in [0.3, 0.4) is 0 Å². The third kappa shape index (κ3) is 1.94. The van der Waals surface area contributed by atoms with Crippen molar-refractivity contribution in [1.29, 1.82) is 0 Å². The van der Waals surface area contributed by atoms with E-state index < -0.39 is 0 Å². The summed E-state index contributed by atoms with van der Waals surface area (Å²) in [6.07, 6.45) is 0. The Hall–Kier alpha value is -2.10. The average Bonchev–Trinajstić information content (AvgIpc) is 2.34. The summed E-state index contributed by atoms with van der Waals surface area (Å²) in [4.78, 5) is 0.